The lowest BCUT2D eigenvalue weighted by atomic mass is 9.97. The van der Waals surface area contributed by atoms with Crippen LogP contribution in [-0.4, -0.2) is 19.7 Å². The summed E-state index contributed by atoms with van der Waals surface area (Å²) in [6.07, 6.45) is -0.318. The van der Waals surface area contributed by atoms with Crippen molar-refractivity contribution in [1.82, 2.24) is 5.32 Å². The van der Waals surface area contributed by atoms with Gasteiger partial charge in [0.2, 0.25) is 0 Å². The van der Waals surface area contributed by atoms with Crippen molar-refractivity contribution >= 4 is 0 Å². The van der Waals surface area contributed by atoms with Gasteiger partial charge in [-0.15, -0.1) is 0 Å². The zero-order valence-electron chi connectivity index (χ0n) is 10.1. The summed E-state index contributed by atoms with van der Waals surface area (Å²) in [5.41, 5.74) is 0.984. The molecule has 1 heterocycles. The highest BCUT2D eigenvalue weighted by Gasteiger charge is 2.22. The predicted molar refractivity (Wildman–Crippen MR) is 62.0 cm³/mol. The lowest BCUT2D eigenvalue weighted by molar-refractivity contribution is 0.0254. The lowest BCUT2D eigenvalue weighted by Crippen LogP contribution is -2.33. The maximum Gasteiger partial charge on any atom is 0.131 e. The minimum Gasteiger partial charge on any atom is -0.371 e. The van der Waals surface area contributed by atoms with Crippen molar-refractivity contribution < 1.29 is 13.5 Å². The number of rotatable bonds is 2. The minimum atomic E-state index is -0.527. The first-order valence-corrected chi connectivity index (χ1v) is 5.90. The number of halogens is 2. The van der Waals surface area contributed by atoms with Gasteiger partial charge < -0.3 is 10.1 Å². The maximum atomic E-state index is 13.7. The van der Waals surface area contributed by atoms with E-state index in [2.05, 4.69) is 5.32 Å². The van der Waals surface area contributed by atoms with E-state index in [4.69, 9.17) is 4.74 Å². The number of nitrogens with one attached hydrogen (secondary N) is 1. The molecule has 2 rings (SSSR count). The average molecular weight is 241 g/mol. The van der Waals surface area contributed by atoms with Crippen LogP contribution in [0.25, 0.3) is 0 Å². The molecule has 0 aliphatic carbocycles. The van der Waals surface area contributed by atoms with Crippen molar-refractivity contribution in [3.63, 3.8) is 0 Å². The highest BCUT2D eigenvalue weighted by Crippen LogP contribution is 2.28. The van der Waals surface area contributed by atoms with Crippen LogP contribution in [0.5, 0.6) is 0 Å². The normalized spacial score (nSPS) is 20.9. The first kappa shape index (κ1) is 12.5. The van der Waals surface area contributed by atoms with Gasteiger partial charge in [-0.3, -0.25) is 0 Å². The van der Waals surface area contributed by atoms with Gasteiger partial charge >= 0.3 is 0 Å². The van der Waals surface area contributed by atoms with Crippen LogP contribution in [0.15, 0.2) is 12.1 Å². The topological polar surface area (TPSA) is 21.3 Å². The van der Waals surface area contributed by atoms with Crippen molar-refractivity contribution in [2.45, 2.75) is 25.9 Å². The molecule has 1 N–H and O–H groups in total. The van der Waals surface area contributed by atoms with Crippen LogP contribution >= 0.6 is 0 Å². The van der Waals surface area contributed by atoms with Gasteiger partial charge in [0.15, 0.2) is 0 Å². The SMILES string of the molecule is CC(C)c1cc(C2CNCCO2)c(F)cc1F. The van der Waals surface area contributed by atoms with Crippen LogP contribution in [0, 0.1) is 11.6 Å². The third-order valence-corrected chi connectivity index (χ3v) is 3.01. The Hall–Kier alpha value is -1.00. The van der Waals surface area contributed by atoms with E-state index in [0.717, 1.165) is 12.6 Å². The van der Waals surface area contributed by atoms with Crippen molar-refractivity contribution in [2.24, 2.45) is 0 Å². The minimum absolute atomic E-state index is 0.0332. The number of hydrogen-bond donors (Lipinski definition) is 1. The Morgan fingerprint density at radius 1 is 1.29 bits per heavy atom. The van der Waals surface area contributed by atoms with Gasteiger partial charge in [-0.05, 0) is 17.5 Å². The zero-order valence-corrected chi connectivity index (χ0v) is 10.1. The van der Waals surface area contributed by atoms with Crippen LogP contribution < -0.4 is 5.32 Å². The molecule has 1 aromatic carbocycles. The molecule has 1 aromatic rings. The summed E-state index contributed by atoms with van der Waals surface area (Å²) in [4.78, 5) is 0. The lowest BCUT2D eigenvalue weighted by Gasteiger charge is -2.25. The van der Waals surface area contributed by atoms with E-state index in [9.17, 15) is 8.78 Å². The summed E-state index contributed by atoms with van der Waals surface area (Å²) in [5, 5.41) is 3.14. The summed E-state index contributed by atoms with van der Waals surface area (Å²) >= 11 is 0. The Bertz CT molecular complexity index is 401. The second kappa shape index (κ2) is 5.10. The molecule has 17 heavy (non-hydrogen) atoms. The van der Waals surface area contributed by atoms with Gasteiger partial charge in [0.05, 0.1) is 12.7 Å². The molecule has 0 radical (unpaired) electrons. The molecule has 94 valence electrons. The summed E-state index contributed by atoms with van der Waals surface area (Å²) in [6, 6.07) is 2.55. The van der Waals surface area contributed by atoms with Gasteiger partial charge in [0, 0.05) is 24.7 Å². The van der Waals surface area contributed by atoms with Crippen LogP contribution in [0.1, 0.15) is 37.0 Å². The number of benzene rings is 1. The standard InChI is InChI=1S/C13H17F2NO/c1-8(2)9-5-10(12(15)6-11(9)14)13-7-16-3-4-17-13/h5-6,8,13,16H,3-4,7H2,1-2H3. The Morgan fingerprint density at radius 2 is 2.06 bits per heavy atom. The molecular weight excluding hydrogens is 224 g/mol. The van der Waals surface area contributed by atoms with Crippen LogP contribution in [0.2, 0.25) is 0 Å². The van der Waals surface area contributed by atoms with Crippen LogP contribution in [0.4, 0.5) is 8.78 Å². The number of morpholine rings is 1. The van der Waals surface area contributed by atoms with E-state index in [0.29, 0.717) is 24.3 Å². The van der Waals surface area contributed by atoms with Gasteiger partial charge in [0.25, 0.3) is 0 Å². The maximum absolute atomic E-state index is 13.7. The van der Waals surface area contributed by atoms with Crippen molar-refractivity contribution in [3.8, 4) is 0 Å². The molecule has 1 aliphatic heterocycles. The van der Waals surface area contributed by atoms with Gasteiger partial charge in [-0.1, -0.05) is 13.8 Å². The number of hydrogen-bond acceptors (Lipinski definition) is 2. The van der Waals surface area contributed by atoms with E-state index < -0.39 is 11.6 Å². The Labute approximate surface area is 100.0 Å². The van der Waals surface area contributed by atoms with Gasteiger partial charge in [-0.2, -0.15) is 0 Å². The average Bonchev–Trinajstić information content (AvgIpc) is 2.29. The monoisotopic (exact) mass is 241 g/mol. The molecule has 1 fully saturated rings. The first-order chi connectivity index (χ1) is 8.09. The molecule has 0 amide bonds. The highest BCUT2D eigenvalue weighted by molar-refractivity contribution is 5.30. The quantitative estimate of drug-likeness (QED) is 0.859. The van der Waals surface area contributed by atoms with Gasteiger partial charge in [-0.25, -0.2) is 8.78 Å². The fourth-order valence-corrected chi connectivity index (χ4v) is 2.04. The smallest absolute Gasteiger partial charge is 0.131 e. The molecule has 1 atom stereocenters. The van der Waals surface area contributed by atoms with Gasteiger partial charge in [0.1, 0.15) is 11.6 Å². The van der Waals surface area contributed by atoms with Crippen LogP contribution in [-0.2, 0) is 4.74 Å². The third kappa shape index (κ3) is 2.64. The fourth-order valence-electron chi connectivity index (χ4n) is 2.04. The van der Waals surface area contributed by atoms with Crippen molar-refractivity contribution in [1.29, 1.82) is 0 Å². The Balaban J connectivity index is 2.35. The molecule has 2 nitrogen and oxygen atoms in total. The van der Waals surface area contributed by atoms with Crippen molar-refractivity contribution in [2.75, 3.05) is 19.7 Å². The first-order valence-electron chi connectivity index (χ1n) is 5.90. The summed E-state index contributed by atoms with van der Waals surface area (Å²) < 4.78 is 32.8. The Morgan fingerprint density at radius 3 is 2.65 bits per heavy atom. The van der Waals surface area contributed by atoms with E-state index in [1.165, 1.54) is 0 Å². The van der Waals surface area contributed by atoms with Crippen LogP contribution in [0.3, 0.4) is 0 Å². The molecule has 0 spiro atoms. The third-order valence-electron chi connectivity index (χ3n) is 3.01. The Kier molecular flexibility index (Phi) is 3.74. The molecule has 0 bridgehead atoms. The summed E-state index contributed by atoms with van der Waals surface area (Å²) in [5.74, 6) is -0.975. The molecule has 1 saturated heterocycles. The fraction of sp³-hybridized carbons (Fsp3) is 0.538. The number of ether oxygens (including phenoxy) is 1. The van der Waals surface area contributed by atoms with Crippen molar-refractivity contribution in [3.05, 3.63) is 34.9 Å². The molecule has 0 saturated carbocycles. The highest BCUT2D eigenvalue weighted by atomic mass is 19.1. The summed E-state index contributed by atoms with van der Waals surface area (Å²) in [6.45, 7) is 5.68. The van der Waals surface area contributed by atoms with E-state index in [1.54, 1.807) is 6.07 Å². The molecule has 0 aromatic heterocycles. The van der Waals surface area contributed by atoms with E-state index in [-0.39, 0.29) is 12.0 Å². The molecular formula is C13H17F2NO. The van der Waals surface area contributed by atoms with E-state index in [1.807, 2.05) is 13.8 Å². The predicted octanol–water partition coefficient (Wildman–Crippen LogP) is 2.75. The molecule has 1 unspecified atom stereocenters. The second-order valence-corrected chi connectivity index (χ2v) is 4.61. The van der Waals surface area contributed by atoms with E-state index >= 15 is 0 Å². The summed E-state index contributed by atoms with van der Waals surface area (Å²) in [7, 11) is 0. The zero-order chi connectivity index (χ0) is 12.4. The second-order valence-electron chi connectivity index (χ2n) is 4.61. The largest absolute Gasteiger partial charge is 0.371 e. The molecule has 1 aliphatic rings. The molecule has 4 heteroatoms.